The van der Waals surface area contributed by atoms with Crippen molar-refractivity contribution in [1.82, 2.24) is 15.5 Å². The molecule has 1 unspecified atom stereocenters. The van der Waals surface area contributed by atoms with Gasteiger partial charge in [-0.3, -0.25) is 0 Å². The van der Waals surface area contributed by atoms with E-state index in [1.165, 1.54) is 6.07 Å². The average Bonchev–Trinajstić information content (AvgIpc) is 2.81. The third-order valence-electron chi connectivity index (χ3n) is 2.66. The fraction of sp³-hybridized carbons (Fsp3) is 0.333. The molecule has 2 rings (SSSR count). The van der Waals surface area contributed by atoms with Gasteiger partial charge < -0.3 is 9.84 Å². The number of rotatable bonds is 3. The maximum absolute atomic E-state index is 13.1. The molecular formula is C12H14FN3O. The highest BCUT2D eigenvalue weighted by Gasteiger charge is 2.13. The smallest absolute Gasteiger partial charge is 0.243 e. The van der Waals surface area contributed by atoms with Gasteiger partial charge >= 0.3 is 0 Å². The molecule has 0 amide bonds. The van der Waals surface area contributed by atoms with Crippen molar-refractivity contribution in [2.75, 3.05) is 7.05 Å². The zero-order valence-electron chi connectivity index (χ0n) is 9.99. The quantitative estimate of drug-likeness (QED) is 0.887. The summed E-state index contributed by atoms with van der Waals surface area (Å²) in [5.41, 5.74) is 1.32. The monoisotopic (exact) mass is 235 g/mol. The van der Waals surface area contributed by atoms with E-state index in [-0.39, 0.29) is 11.9 Å². The lowest BCUT2D eigenvalue weighted by Gasteiger charge is -2.01. The van der Waals surface area contributed by atoms with E-state index in [4.69, 9.17) is 4.52 Å². The van der Waals surface area contributed by atoms with Crippen molar-refractivity contribution < 1.29 is 8.91 Å². The fourth-order valence-electron chi connectivity index (χ4n) is 1.44. The largest absolute Gasteiger partial charge is 0.337 e. The Morgan fingerprint density at radius 2 is 2.18 bits per heavy atom. The minimum absolute atomic E-state index is 0.00204. The Bertz CT molecular complexity index is 524. The number of hydrogen-bond donors (Lipinski definition) is 1. The minimum atomic E-state index is -0.235. The Labute approximate surface area is 98.8 Å². The van der Waals surface area contributed by atoms with Crippen LogP contribution in [0.4, 0.5) is 4.39 Å². The van der Waals surface area contributed by atoms with Gasteiger partial charge in [-0.05, 0) is 44.7 Å². The van der Waals surface area contributed by atoms with Crippen LogP contribution in [0.25, 0.3) is 11.4 Å². The first-order valence-electron chi connectivity index (χ1n) is 5.39. The predicted octanol–water partition coefficient (Wildman–Crippen LogP) is 2.46. The molecule has 2 aromatic rings. The molecule has 0 spiro atoms. The second kappa shape index (κ2) is 4.63. The van der Waals surface area contributed by atoms with Crippen molar-refractivity contribution in [3.63, 3.8) is 0 Å². The van der Waals surface area contributed by atoms with Gasteiger partial charge in [0, 0.05) is 5.56 Å². The molecule has 90 valence electrons. The number of nitrogens with zero attached hydrogens (tertiary/aromatic N) is 2. The van der Waals surface area contributed by atoms with Crippen LogP contribution in [0, 0.1) is 12.7 Å². The first-order valence-corrected chi connectivity index (χ1v) is 5.39. The Hall–Kier alpha value is -1.75. The van der Waals surface area contributed by atoms with Crippen LogP contribution in [-0.2, 0) is 0 Å². The summed E-state index contributed by atoms with van der Waals surface area (Å²) in [6, 6.07) is 4.75. The van der Waals surface area contributed by atoms with Crippen molar-refractivity contribution in [1.29, 1.82) is 0 Å². The molecule has 1 aromatic heterocycles. The third kappa shape index (κ3) is 2.34. The number of hydrogen-bond acceptors (Lipinski definition) is 4. The number of halogens is 1. The first kappa shape index (κ1) is 11.7. The van der Waals surface area contributed by atoms with Gasteiger partial charge in [-0.2, -0.15) is 4.98 Å². The summed E-state index contributed by atoms with van der Waals surface area (Å²) >= 11 is 0. The van der Waals surface area contributed by atoms with Crippen LogP contribution < -0.4 is 5.32 Å². The van der Waals surface area contributed by atoms with Gasteiger partial charge in [-0.1, -0.05) is 5.16 Å². The molecule has 0 aliphatic carbocycles. The Kier molecular flexibility index (Phi) is 3.19. The van der Waals surface area contributed by atoms with E-state index in [2.05, 4.69) is 15.5 Å². The Balaban J connectivity index is 2.33. The van der Waals surface area contributed by atoms with Crippen LogP contribution in [0.1, 0.15) is 24.4 Å². The topological polar surface area (TPSA) is 51.0 Å². The lowest BCUT2D eigenvalue weighted by Crippen LogP contribution is -2.12. The highest BCUT2D eigenvalue weighted by atomic mass is 19.1. The second-order valence-corrected chi connectivity index (χ2v) is 3.93. The zero-order valence-corrected chi connectivity index (χ0v) is 9.99. The van der Waals surface area contributed by atoms with E-state index in [1.807, 2.05) is 14.0 Å². The van der Waals surface area contributed by atoms with Crippen molar-refractivity contribution >= 4 is 0 Å². The van der Waals surface area contributed by atoms with Crippen LogP contribution in [0.3, 0.4) is 0 Å². The van der Waals surface area contributed by atoms with E-state index in [9.17, 15) is 4.39 Å². The maximum atomic E-state index is 13.1. The standard InChI is InChI=1S/C12H14FN3O/c1-7-6-9(4-5-10(7)13)11-15-12(17-16-11)8(2)14-3/h4-6,8,14H,1-3H3. The molecule has 1 aromatic carbocycles. The van der Waals surface area contributed by atoms with E-state index < -0.39 is 0 Å². The zero-order chi connectivity index (χ0) is 12.4. The third-order valence-corrected chi connectivity index (χ3v) is 2.66. The molecule has 0 radical (unpaired) electrons. The molecule has 1 heterocycles. The molecular weight excluding hydrogens is 221 g/mol. The number of nitrogens with one attached hydrogen (secondary N) is 1. The van der Waals surface area contributed by atoms with E-state index >= 15 is 0 Å². The molecule has 17 heavy (non-hydrogen) atoms. The van der Waals surface area contributed by atoms with Gasteiger partial charge in [-0.25, -0.2) is 4.39 Å². The van der Waals surface area contributed by atoms with E-state index in [0.29, 0.717) is 17.3 Å². The van der Waals surface area contributed by atoms with Gasteiger partial charge in [0.25, 0.3) is 0 Å². The van der Waals surface area contributed by atoms with E-state index in [0.717, 1.165) is 5.56 Å². The molecule has 4 nitrogen and oxygen atoms in total. The number of aryl methyl sites for hydroxylation is 1. The van der Waals surface area contributed by atoms with Crippen molar-refractivity contribution in [2.45, 2.75) is 19.9 Å². The molecule has 0 aliphatic heterocycles. The van der Waals surface area contributed by atoms with Gasteiger partial charge in [-0.15, -0.1) is 0 Å². The summed E-state index contributed by atoms with van der Waals surface area (Å²) in [5, 5.41) is 6.89. The summed E-state index contributed by atoms with van der Waals surface area (Å²) in [6.45, 7) is 3.63. The summed E-state index contributed by atoms with van der Waals surface area (Å²) in [5.74, 6) is 0.760. The predicted molar refractivity (Wildman–Crippen MR) is 61.9 cm³/mol. The summed E-state index contributed by atoms with van der Waals surface area (Å²) in [6.07, 6.45) is 0. The summed E-state index contributed by atoms with van der Waals surface area (Å²) < 4.78 is 18.3. The summed E-state index contributed by atoms with van der Waals surface area (Å²) in [4.78, 5) is 4.26. The van der Waals surface area contributed by atoms with Crippen molar-refractivity contribution in [3.8, 4) is 11.4 Å². The van der Waals surface area contributed by atoms with Crippen LogP contribution in [0.15, 0.2) is 22.7 Å². The van der Waals surface area contributed by atoms with Gasteiger partial charge in [0.2, 0.25) is 11.7 Å². The number of aromatic nitrogens is 2. The summed E-state index contributed by atoms with van der Waals surface area (Å²) in [7, 11) is 1.82. The van der Waals surface area contributed by atoms with Crippen LogP contribution in [-0.4, -0.2) is 17.2 Å². The SMILES string of the molecule is CNC(C)c1nc(-c2ccc(F)c(C)c2)no1. The molecule has 0 aliphatic rings. The average molecular weight is 235 g/mol. The van der Waals surface area contributed by atoms with Gasteiger partial charge in [0.05, 0.1) is 6.04 Å². The fourth-order valence-corrected chi connectivity index (χ4v) is 1.44. The highest BCUT2D eigenvalue weighted by molar-refractivity contribution is 5.55. The van der Waals surface area contributed by atoms with E-state index in [1.54, 1.807) is 19.1 Å². The highest BCUT2D eigenvalue weighted by Crippen LogP contribution is 2.20. The molecule has 1 atom stereocenters. The Morgan fingerprint density at radius 1 is 1.41 bits per heavy atom. The van der Waals surface area contributed by atoms with Crippen molar-refractivity contribution in [2.24, 2.45) is 0 Å². The van der Waals surface area contributed by atoms with Gasteiger partial charge in [0.1, 0.15) is 5.82 Å². The lowest BCUT2D eigenvalue weighted by molar-refractivity contribution is 0.347. The molecule has 0 bridgehead atoms. The molecule has 0 saturated carbocycles. The maximum Gasteiger partial charge on any atom is 0.243 e. The van der Waals surface area contributed by atoms with Crippen LogP contribution in [0.5, 0.6) is 0 Å². The second-order valence-electron chi connectivity index (χ2n) is 3.93. The molecule has 0 saturated heterocycles. The van der Waals surface area contributed by atoms with Crippen molar-refractivity contribution in [3.05, 3.63) is 35.5 Å². The first-order chi connectivity index (χ1) is 8.11. The molecule has 0 fully saturated rings. The number of benzene rings is 1. The van der Waals surface area contributed by atoms with Crippen LogP contribution in [0.2, 0.25) is 0 Å². The molecule has 5 heteroatoms. The van der Waals surface area contributed by atoms with Crippen LogP contribution >= 0.6 is 0 Å². The minimum Gasteiger partial charge on any atom is -0.337 e. The normalized spacial score (nSPS) is 12.7. The Morgan fingerprint density at radius 3 is 2.82 bits per heavy atom. The molecule has 1 N–H and O–H groups in total. The lowest BCUT2D eigenvalue weighted by atomic mass is 10.1. The van der Waals surface area contributed by atoms with Gasteiger partial charge in [0.15, 0.2) is 0 Å².